The Morgan fingerprint density at radius 3 is 2.62 bits per heavy atom. The average Bonchev–Trinajstić information content (AvgIpc) is 3.45. The lowest BCUT2D eigenvalue weighted by Gasteiger charge is -2.41. The van der Waals surface area contributed by atoms with Gasteiger partial charge in [-0.15, -0.1) is 10.2 Å². The quantitative estimate of drug-likeness (QED) is 0.437. The van der Waals surface area contributed by atoms with Crippen molar-refractivity contribution in [3.05, 3.63) is 76.4 Å². The molecule has 7 rings (SSSR count). The maximum Gasteiger partial charge on any atom is 0.416 e. The molecule has 1 saturated carbocycles. The van der Waals surface area contributed by atoms with Gasteiger partial charge in [0.1, 0.15) is 18.8 Å². The van der Waals surface area contributed by atoms with Crippen LogP contribution >= 0.6 is 0 Å². The second kappa shape index (κ2) is 8.78. The van der Waals surface area contributed by atoms with E-state index in [0.717, 1.165) is 36.3 Å². The van der Waals surface area contributed by atoms with Crippen molar-refractivity contribution in [2.24, 2.45) is 7.05 Å². The fourth-order valence-electron chi connectivity index (χ4n) is 6.86. The van der Waals surface area contributed by atoms with Crippen molar-refractivity contribution in [2.45, 2.75) is 62.7 Å². The van der Waals surface area contributed by atoms with E-state index in [2.05, 4.69) is 27.2 Å². The largest absolute Gasteiger partial charge is 0.416 e. The molecule has 4 aliphatic rings. The molecule has 0 bridgehead atoms. The van der Waals surface area contributed by atoms with E-state index >= 15 is 0 Å². The SMILES string of the molecule is C[C@@H]1CN(Cc2cc(C(F)(F)F)c3c(c2)C2(CO2)N(c2cccc(C4(c5nncn5C)CCC4)c2)C3)CCO1. The lowest BCUT2D eigenvalue weighted by Crippen LogP contribution is -2.40. The number of ether oxygens (including phenoxy) is 2. The second-order valence-electron chi connectivity index (χ2n) is 11.5. The van der Waals surface area contributed by atoms with E-state index in [1.807, 2.05) is 41.6 Å². The third-order valence-corrected chi connectivity index (χ3v) is 8.99. The lowest BCUT2D eigenvalue weighted by atomic mass is 9.63. The molecular weight excluding hydrogens is 507 g/mol. The van der Waals surface area contributed by atoms with Crippen LogP contribution in [0, 0.1) is 0 Å². The summed E-state index contributed by atoms with van der Waals surface area (Å²) in [6.07, 6.45) is 0.361. The number of anilines is 1. The zero-order valence-electron chi connectivity index (χ0n) is 22.2. The van der Waals surface area contributed by atoms with Gasteiger partial charge in [-0.2, -0.15) is 13.2 Å². The van der Waals surface area contributed by atoms with Gasteiger partial charge in [0.05, 0.1) is 23.7 Å². The highest BCUT2D eigenvalue weighted by Gasteiger charge is 2.59. The van der Waals surface area contributed by atoms with Crippen molar-refractivity contribution in [1.29, 1.82) is 0 Å². The van der Waals surface area contributed by atoms with Crippen molar-refractivity contribution >= 4 is 5.69 Å². The van der Waals surface area contributed by atoms with Crippen LogP contribution in [0.3, 0.4) is 0 Å². The molecule has 1 unspecified atom stereocenters. The third kappa shape index (κ3) is 3.98. The van der Waals surface area contributed by atoms with Gasteiger partial charge in [-0.05, 0) is 60.7 Å². The Kier molecular flexibility index (Phi) is 5.64. The number of halogens is 3. The second-order valence-corrected chi connectivity index (χ2v) is 11.5. The first-order valence-corrected chi connectivity index (χ1v) is 13.6. The van der Waals surface area contributed by atoms with Crippen LogP contribution in [0.5, 0.6) is 0 Å². The molecule has 1 aliphatic carbocycles. The smallest absolute Gasteiger partial charge is 0.376 e. The van der Waals surface area contributed by atoms with Crippen LogP contribution in [0.25, 0.3) is 0 Å². The van der Waals surface area contributed by atoms with Gasteiger partial charge in [0.15, 0.2) is 5.72 Å². The van der Waals surface area contributed by atoms with Gasteiger partial charge in [-0.3, -0.25) is 4.90 Å². The summed E-state index contributed by atoms with van der Waals surface area (Å²) < 4.78 is 56.9. The van der Waals surface area contributed by atoms with Crippen LogP contribution < -0.4 is 4.90 Å². The zero-order chi connectivity index (χ0) is 27.0. The van der Waals surface area contributed by atoms with E-state index in [9.17, 15) is 13.2 Å². The van der Waals surface area contributed by atoms with Gasteiger partial charge in [0, 0.05) is 44.5 Å². The van der Waals surface area contributed by atoms with Crippen LogP contribution in [-0.4, -0.2) is 52.1 Å². The molecule has 206 valence electrons. The number of hydrogen-bond acceptors (Lipinski definition) is 6. The molecule has 3 fully saturated rings. The van der Waals surface area contributed by atoms with Gasteiger partial charge in [0.25, 0.3) is 0 Å². The molecular formula is C29H32F3N5O2. The fraction of sp³-hybridized carbons (Fsp3) is 0.517. The highest BCUT2D eigenvalue weighted by Crippen LogP contribution is 2.55. The molecule has 7 nitrogen and oxygen atoms in total. The summed E-state index contributed by atoms with van der Waals surface area (Å²) in [7, 11) is 1.96. The molecule has 3 aliphatic heterocycles. The van der Waals surface area contributed by atoms with E-state index in [-0.39, 0.29) is 18.1 Å². The Hall–Kier alpha value is -2.95. The number of nitrogens with zero attached hydrogens (tertiary/aromatic N) is 5. The summed E-state index contributed by atoms with van der Waals surface area (Å²) in [5, 5.41) is 8.53. The molecule has 39 heavy (non-hydrogen) atoms. The normalized spacial score (nSPS) is 26.1. The summed E-state index contributed by atoms with van der Waals surface area (Å²) in [6.45, 7) is 4.96. The summed E-state index contributed by atoms with van der Waals surface area (Å²) in [6, 6.07) is 11.5. The first-order valence-electron chi connectivity index (χ1n) is 13.6. The summed E-state index contributed by atoms with van der Waals surface area (Å²) in [4.78, 5) is 4.18. The molecule has 10 heteroatoms. The highest BCUT2D eigenvalue weighted by atomic mass is 19.4. The van der Waals surface area contributed by atoms with E-state index in [4.69, 9.17) is 9.47 Å². The average molecular weight is 540 g/mol. The molecule has 0 N–H and O–H groups in total. The van der Waals surface area contributed by atoms with Crippen LogP contribution in [0.4, 0.5) is 18.9 Å². The Morgan fingerprint density at radius 1 is 1.15 bits per heavy atom. The first kappa shape index (κ1) is 25.0. The predicted octanol–water partition coefficient (Wildman–Crippen LogP) is 4.73. The zero-order valence-corrected chi connectivity index (χ0v) is 22.2. The Labute approximate surface area is 225 Å². The topological polar surface area (TPSA) is 59.0 Å². The Bertz CT molecular complexity index is 1410. The number of aryl methyl sites for hydroxylation is 1. The molecule has 4 heterocycles. The monoisotopic (exact) mass is 539 g/mol. The molecule has 2 aromatic carbocycles. The van der Waals surface area contributed by atoms with Gasteiger partial charge >= 0.3 is 6.18 Å². The summed E-state index contributed by atoms with van der Waals surface area (Å²) >= 11 is 0. The van der Waals surface area contributed by atoms with Crippen molar-refractivity contribution in [1.82, 2.24) is 19.7 Å². The van der Waals surface area contributed by atoms with E-state index in [1.165, 1.54) is 6.07 Å². The summed E-state index contributed by atoms with van der Waals surface area (Å²) in [5.41, 5.74) is 1.96. The Morgan fingerprint density at radius 2 is 1.97 bits per heavy atom. The van der Waals surface area contributed by atoms with E-state index in [0.29, 0.717) is 49.5 Å². The highest BCUT2D eigenvalue weighted by molar-refractivity contribution is 5.63. The number of aromatic nitrogens is 3. The van der Waals surface area contributed by atoms with Crippen molar-refractivity contribution in [3.63, 3.8) is 0 Å². The molecule has 0 radical (unpaired) electrons. The van der Waals surface area contributed by atoms with Gasteiger partial charge < -0.3 is 18.9 Å². The lowest BCUT2D eigenvalue weighted by molar-refractivity contribution is -0.138. The van der Waals surface area contributed by atoms with Crippen molar-refractivity contribution in [3.8, 4) is 0 Å². The minimum absolute atomic E-state index is 0.0663. The van der Waals surface area contributed by atoms with Crippen molar-refractivity contribution < 1.29 is 22.6 Å². The van der Waals surface area contributed by atoms with E-state index in [1.54, 1.807) is 6.33 Å². The van der Waals surface area contributed by atoms with Gasteiger partial charge in [-0.25, -0.2) is 0 Å². The Balaban J connectivity index is 1.26. The summed E-state index contributed by atoms with van der Waals surface area (Å²) in [5.74, 6) is 0.925. The van der Waals surface area contributed by atoms with Crippen LogP contribution in [0.15, 0.2) is 42.7 Å². The number of alkyl halides is 3. The number of rotatable bonds is 5. The fourth-order valence-corrected chi connectivity index (χ4v) is 6.86. The maximum absolute atomic E-state index is 14.4. The van der Waals surface area contributed by atoms with Crippen molar-refractivity contribution in [2.75, 3.05) is 31.2 Å². The van der Waals surface area contributed by atoms with E-state index < -0.39 is 17.5 Å². The van der Waals surface area contributed by atoms with Gasteiger partial charge in [-0.1, -0.05) is 18.6 Å². The minimum Gasteiger partial charge on any atom is -0.376 e. The predicted molar refractivity (Wildman–Crippen MR) is 138 cm³/mol. The number of benzene rings is 2. The van der Waals surface area contributed by atoms with Gasteiger partial charge in [0.2, 0.25) is 0 Å². The molecule has 1 spiro atoms. The van der Waals surface area contributed by atoms with Crippen LogP contribution in [0.1, 0.15) is 59.8 Å². The third-order valence-electron chi connectivity index (χ3n) is 8.99. The number of morpholine rings is 1. The minimum atomic E-state index is -4.45. The molecule has 3 aromatic rings. The van der Waals surface area contributed by atoms with Crippen LogP contribution in [-0.2, 0) is 46.9 Å². The standard InChI is InChI=1S/C29H32F3N5O2/c1-19-14-36(9-10-38-19)15-20-11-24-23(25(12-20)29(30,31)32)16-37(28(24)17-39-28)22-6-3-5-21(13-22)27(7-4-8-27)26-34-33-18-35(26)2/h3,5-6,11-13,18-19H,4,7-10,14-17H2,1-2H3/t19-,28?/m1/s1. The number of epoxide rings is 1. The first-order chi connectivity index (χ1) is 18.7. The number of hydrogen-bond donors (Lipinski definition) is 0. The molecule has 2 atom stereocenters. The number of fused-ring (bicyclic) bond motifs is 2. The molecule has 0 amide bonds. The van der Waals surface area contributed by atoms with Crippen LogP contribution in [0.2, 0.25) is 0 Å². The molecule has 2 saturated heterocycles. The molecule has 1 aromatic heterocycles. The maximum atomic E-state index is 14.4.